The van der Waals surface area contributed by atoms with Crippen LogP contribution in [0.4, 0.5) is 0 Å². The smallest absolute Gasteiger partial charge is 0.265 e. The van der Waals surface area contributed by atoms with Crippen molar-refractivity contribution >= 4 is 5.91 Å². The first-order chi connectivity index (χ1) is 9.56. The van der Waals surface area contributed by atoms with Gasteiger partial charge in [0, 0.05) is 12.1 Å². The molecular weight excluding hydrogens is 262 g/mol. The van der Waals surface area contributed by atoms with Gasteiger partial charge in [0.05, 0.1) is 12.1 Å². The van der Waals surface area contributed by atoms with Gasteiger partial charge in [0.1, 0.15) is 6.54 Å². The highest BCUT2D eigenvalue weighted by atomic mass is 16.3. The molecule has 3 N–H and O–H groups in total. The summed E-state index contributed by atoms with van der Waals surface area (Å²) in [5.74, 6) is -0.389. The maximum absolute atomic E-state index is 11.9. The molecular formula is C13H19N3O4. The minimum absolute atomic E-state index is 0.252. The standard InChI is InChI=1S/C13H19N3O4/c17-10-5-3-1-2-4-9(10)14-12(19)8-16-13(20)7-6-11(18)15-16/h6-7,9-10,17H,1-5,8H2,(H,14,19)(H,15,18). The Balaban J connectivity index is 1.99. The Kier molecular flexibility index (Phi) is 4.73. The number of hydrogen-bond acceptors (Lipinski definition) is 4. The quantitative estimate of drug-likeness (QED) is 0.640. The highest BCUT2D eigenvalue weighted by Crippen LogP contribution is 2.17. The van der Waals surface area contributed by atoms with Crippen LogP contribution in [0.2, 0.25) is 0 Å². The Morgan fingerprint density at radius 2 is 2.05 bits per heavy atom. The van der Waals surface area contributed by atoms with Crippen LogP contribution in [-0.2, 0) is 11.3 Å². The third-order valence-electron chi connectivity index (χ3n) is 3.52. The molecule has 0 bridgehead atoms. The van der Waals surface area contributed by atoms with Crippen molar-refractivity contribution in [3.05, 3.63) is 32.8 Å². The number of nitrogens with zero attached hydrogens (tertiary/aromatic N) is 1. The molecule has 2 atom stereocenters. The second kappa shape index (κ2) is 6.51. The van der Waals surface area contributed by atoms with Gasteiger partial charge in [-0.05, 0) is 12.8 Å². The average molecular weight is 281 g/mol. The summed E-state index contributed by atoms with van der Waals surface area (Å²) >= 11 is 0. The lowest BCUT2D eigenvalue weighted by molar-refractivity contribution is -0.123. The molecule has 7 heteroatoms. The number of H-pyrrole nitrogens is 1. The van der Waals surface area contributed by atoms with Crippen LogP contribution in [-0.4, -0.2) is 32.9 Å². The van der Waals surface area contributed by atoms with Crippen LogP contribution in [0.3, 0.4) is 0 Å². The number of aliphatic hydroxyl groups is 1. The van der Waals surface area contributed by atoms with Crippen LogP contribution >= 0.6 is 0 Å². The van der Waals surface area contributed by atoms with E-state index in [1.165, 1.54) is 0 Å². The van der Waals surface area contributed by atoms with E-state index in [0.29, 0.717) is 6.42 Å². The SMILES string of the molecule is O=C(Cn1[nH]c(=O)ccc1=O)NC1CCCCCC1O. The molecule has 0 aliphatic heterocycles. The molecule has 1 saturated carbocycles. The van der Waals surface area contributed by atoms with Crippen LogP contribution in [0.15, 0.2) is 21.7 Å². The van der Waals surface area contributed by atoms with Gasteiger partial charge in [-0.2, -0.15) is 0 Å². The number of carbonyl (C=O) groups excluding carboxylic acids is 1. The van der Waals surface area contributed by atoms with Gasteiger partial charge in [-0.3, -0.25) is 19.5 Å². The van der Waals surface area contributed by atoms with E-state index >= 15 is 0 Å². The number of nitrogens with one attached hydrogen (secondary N) is 2. The third-order valence-corrected chi connectivity index (χ3v) is 3.52. The topological polar surface area (TPSA) is 104 Å². The molecule has 0 aromatic carbocycles. The first-order valence-corrected chi connectivity index (χ1v) is 6.84. The van der Waals surface area contributed by atoms with Crippen LogP contribution in [0.25, 0.3) is 0 Å². The number of aromatic amines is 1. The fourth-order valence-electron chi connectivity index (χ4n) is 2.43. The fraction of sp³-hybridized carbons (Fsp3) is 0.615. The monoisotopic (exact) mass is 281 g/mol. The van der Waals surface area contributed by atoms with E-state index in [-0.39, 0.29) is 18.5 Å². The van der Waals surface area contributed by atoms with E-state index in [2.05, 4.69) is 10.4 Å². The third kappa shape index (κ3) is 3.80. The van der Waals surface area contributed by atoms with E-state index < -0.39 is 17.2 Å². The number of rotatable bonds is 3. The van der Waals surface area contributed by atoms with Crippen LogP contribution in [0.5, 0.6) is 0 Å². The van der Waals surface area contributed by atoms with Crippen LogP contribution in [0, 0.1) is 0 Å². The fourth-order valence-corrected chi connectivity index (χ4v) is 2.43. The van der Waals surface area contributed by atoms with E-state index in [0.717, 1.165) is 42.5 Å². The summed E-state index contributed by atoms with van der Waals surface area (Å²) < 4.78 is 0.959. The van der Waals surface area contributed by atoms with E-state index in [9.17, 15) is 19.5 Å². The normalized spacial score (nSPS) is 23.1. The van der Waals surface area contributed by atoms with Gasteiger partial charge in [-0.25, -0.2) is 4.68 Å². The van der Waals surface area contributed by atoms with Crippen molar-refractivity contribution in [2.24, 2.45) is 0 Å². The highest BCUT2D eigenvalue weighted by Gasteiger charge is 2.23. The van der Waals surface area contributed by atoms with E-state index in [1.807, 2.05) is 0 Å². The highest BCUT2D eigenvalue weighted by molar-refractivity contribution is 5.76. The van der Waals surface area contributed by atoms with E-state index in [4.69, 9.17) is 0 Å². The molecule has 2 rings (SSSR count). The summed E-state index contributed by atoms with van der Waals surface area (Å²) in [6.45, 7) is -0.252. The zero-order valence-corrected chi connectivity index (χ0v) is 11.2. The van der Waals surface area contributed by atoms with E-state index in [1.54, 1.807) is 0 Å². The molecule has 1 aliphatic rings. The molecule has 0 saturated heterocycles. The minimum Gasteiger partial charge on any atom is -0.391 e. The second-order valence-electron chi connectivity index (χ2n) is 5.11. The Morgan fingerprint density at radius 1 is 1.30 bits per heavy atom. The van der Waals surface area contributed by atoms with Gasteiger partial charge in [0.25, 0.3) is 11.1 Å². The number of amides is 1. The molecule has 1 aliphatic carbocycles. The average Bonchev–Trinajstić information content (AvgIpc) is 2.59. The van der Waals surface area contributed by atoms with Gasteiger partial charge >= 0.3 is 0 Å². The Bertz CT molecular complexity index is 577. The summed E-state index contributed by atoms with van der Waals surface area (Å²) in [5.41, 5.74) is -0.881. The van der Waals surface area contributed by atoms with Crippen molar-refractivity contribution in [3.63, 3.8) is 0 Å². The lowest BCUT2D eigenvalue weighted by Gasteiger charge is -2.21. The predicted octanol–water partition coefficient (Wildman–Crippen LogP) is -0.654. The molecule has 2 unspecified atom stereocenters. The molecule has 0 radical (unpaired) electrons. The molecule has 0 spiro atoms. The molecule has 1 aromatic heterocycles. The number of carbonyl (C=O) groups is 1. The number of hydrogen-bond donors (Lipinski definition) is 3. The first kappa shape index (κ1) is 14.5. The number of aliphatic hydroxyl groups excluding tert-OH is 1. The molecule has 1 heterocycles. The maximum Gasteiger partial charge on any atom is 0.265 e. The molecule has 110 valence electrons. The summed E-state index contributed by atoms with van der Waals surface area (Å²) in [6.07, 6.45) is 3.83. The van der Waals surface area contributed by atoms with Crippen LogP contribution in [0.1, 0.15) is 32.1 Å². The van der Waals surface area contributed by atoms with Crippen LogP contribution < -0.4 is 16.4 Å². The zero-order chi connectivity index (χ0) is 14.5. The van der Waals surface area contributed by atoms with Crippen molar-refractivity contribution in [1.82, 2.24) is 15.1 Å². The molecule has 1 amide bonds. The molecule has 7 nitrogen and oxygen atoms in total. The van der Waals surface area contributed by atoms with Gasteiger partial charge in [0.2, 0.25) is 5.91 Å². The summed E-state index contributed by atoms with van der Waals surface area (Å²) in [5, 5.41) is 14.9. The maximum atomic E-state index is 11.9. The predicted molar refractivity (Wildman–Crippen MR) is 72.3 cm³/mol. The molecule has 1 fully saturated rings. The van der Waals surface area contributed by atoms with Crippen molar-refractivity contribution in [2.75, 3.05) is 0 Å². The first-order valence-electron chi connectivity index (χ1n) is 6.84. The van der Waals surface area contributed by atoms with Crippen molar-refractivity contribution in [2.45, 2.75) is 50.8 Å². The second-order valence-corrected chi connectivity index (χ2v) is 5.11. The lowest BCUT2D eigenvalue weighted by atomic mass is 10.1. The van der Waals surface area contributed by atoms with Crippen molar-refractivity contribution in [3.8, 4) is 0 Å². The summed E-state index contributed by atoms with van der Waals surface area (Å²) in [4.78, 5) is 34.5. The summed E-state index contributed by atoms with van der Waals surface area (Å²) in [6, 6.07) is 1.95. The summed E-state index contributed by atoms with van der Waals surface area (Å²) in [7, 11) is 0. The Labute approximate surface area is 115 Å². The molecule has 20 heavy (non-hydrogen) atoms. The van der Waals surface area contributed by atoms with Gasteiger partial charge in [-0.1, -0.05) is 19.3 Å². The number of aromatic nitrogens is 2. The Hall–Kier alpha value is -1.89. The molecule has 1 aromatic rings. The minimum atomic E-state index is -0.548. The van der Waals surface area contributed by atoms with Gasteiger partial charge < -0.3 is 10.4 Å². The Morgan fingerprint density at radius 3 is 2.85 bits per heavy atom. The van der Waals surface area contributed by atoms with Gasteiger partial charge in [-0.15, -0.1) is 0 Å². The zero-order valence-electron chi connectivity index (χ0n) is 11.2. The largest absolute Gasteiger partial charge is 0.391 e. The van der Waals surface area contributed by atoms with Gasteiger partial charge in [0.15, 0.2) is 0 Å². The lowest BCUT2D eigenvalue weighted by Crippen LogP contribution is -2.45. The van der Waals surface area contributed by atoms with Crippen molar-refractivity contribution < 1.29 is 9.90 Å². The van der Waals surface area contributed by atoms with Crippen molar-refractivity contribution in [1.29, 1.82) is 0 Å².